The van der Waals surface area contributed by atoms with Crippen LogP contribution in [-0.4, -0.2) is 55.1 Å². The second-order valence-corrected chi connectivity index (χ2v) is 6.59. The van der Waals surface area contributed by atoms with Crippen LogP contribution in [-0.2, 0) is 14.3 Å². The molecule has 0 bridgehead atoms. The zero-order valence-corrected chi connectivity index (χ0v) is 13.9. The predicted molar refractivity (Wildman–Crippen MR) is 84.7 cm³/mol. The molecule has 0 aromatic carbocycles. The standard InChI is InChI=1S/C16H25N3O4/c1-16(2,3)18-15(21)14(20)17-11-12(13-5-4-8-23-13)19-6-9-22-10-7-19/h4-5,8,12H,6-7,9-11H2,1-3H3,(H,17,20)(H,18,21). The van der Waals surface area contributed by atoms with E-state index in [0.717, 1.165) is 18.8 Å². The van der Waals surface area contributed by atoms with Crippen LogP contribution in [0, 0.1) is 0 Å². The molecule has 2 N–H and O–H groups in total. The maximum absolute atomic E-state index is 12.0. The van der Waals surface area contributed by atoms with Gasteiger partial charge in [-0.1, -0.05) is 0 Å². The average Bonchev–Trinajstić information content (AvgIpc) is 3.00. The van der Waals surface area contributed by atoms with Crippen molar-refractivity contribution in [1.29, 1.82) is 0 Å². The Morgan fingerprint density at radius 2 is 1.96 bits per heavy atom. The number of nitrogens with one attached hydrogen (secondary N) is 2. The van der Waals surface area contributed by atoms with E-state index in [-0.39, 0.29) is 6.04 Å². The van der Waals surface area contributed by atoms with Crippen LogP contribution in [0.1, 0.15) is 32.6 Å². The number of amides is 2. The fourth-order valence-corrected chi connectivity index (χ4v) is 2.45. The Bertz CT molecular complexity index is 516. The minimum absolute atomic E-state index is 0.111. The van der Waals surface area contributed by atoms with Crippen molar-refractivity contribution in [2.24, 2.45) is 0 Å². The Morgan fingerprint density at radius 3 is 2.52 bits per heavy atom. The van der Waals surface area contributed by atoms with Crippen LogP contribution >= 0.6 is 0 Å². The van der Waals surface area contributed by atoms with E-state index in [0.29, 0.717) is 19.8 Å². The van der Waals surface area contributed by atoms with Gasteiger partial charge in [0.15, 0.2) is 0 Å². The van der Waals surface area contributed by atoms with E-state index in [1.807, 2.05) is 32.9 Å². The van der Waals surface area contributed by atoms with Crippen LogP contribution in [0.25, 0.3) is 0 Å². The summed E-state index contributed by atoms with van der Waals surface area (Å²) in [6.45, 7) is 8.62. The summed E-state index contributed by atoms with van der Waals surface area (Å²) < 4.78 is 10.9. The minimum atomic E-state index is -0.634. The van der Waals surface area contributed by atoms with Crippen molar-refractivity contribution in [2.75, 3.05) is 32.8 Å². The van der Waals surface area contributed by atoms with Crippen molar-refractivity contribution in [3.05, 3.63) is 24.2 Å². The Kier molecular flexibility index (Phi) is 5.79. The maximum Gasteiger partial charge on any atom is 0.309 e. The number of hydrogen-bond donors (Lipinski definition) is 2. The van der Waals surface area contributed by atoms with Crippen molar-refractivity contribution >= 4 is 11.8 Å². The van der Waals surface area contributed by atoms with Gasteiger partial charge in [0.05, 0.1) is 25.5 Å². The van der Waals surface area contributed by atoms with E-state index in [2.05, 4.69) is 15.5 Å². The first-order valence-electron chi connectivity index (χ1n) is 7.82. The molecule has 2 amide bonds. The predicted octanol–water partition coefficient (Wildman–Crippen LogP) is 0.684. The summed E-state index contributed by atoms with van der Waals surface area (Å²) in [6, 6.07) is 3.58. The Hall–Kier alpha value is -1.86. The third kappa shape index (κ3) is 5.37. The van der Waals surface area contributed by atoms with E-state index in [1.54, 1.807) is 6.26 Å². The second kappa shape index (κ2) is 7.61. The molecule has 1 fully saturated rings. The molecule has 0 aliphatic carbocycles. The van der Waals surface area contributed by atoms with Crippen LogP contribution in [0.2, 0.25) is 0 Å². The molecule has 2 heterocycles. The van der Waals surface area contributed by atoms with Gasteiger partial charge >= 0.3 is 11.8 Å². The van der Waals surface area contributed by atoms with Gasteiger partial charge in [0.25, 0.3) is 0 Å². The maximum atomic E-state index is 12.0. The fraction of sp³-hybridized carbons (Fsp3) is 0.625. The number of furan rings is 1. The first-order valence-corrected chi connectivity index (χ1v) is 7.82. The molecule has 1 saturated heterocycles. The smallest absolute Gasteiger partial charge is 0.309 e. The van der Waals surface area contributed by atoms with Crippen molar-refractivity contribution < 1.29 is 18.7 Å². The normalized spacial score (nSPS) is 17.5. The van der Waals surface area contributed by atoms with E-state index in [1.165, 1.54) is 0 Å². The number of hydrogen-bond acceptors (Lipinski definition) is 5. The molecule has 0 spiro atoms. The van der Waals surface area contributed by atoms with Gasteiger partial charge in [-0.15, -0.1) is 0 Å². The highest BCUT2D eigenvalue weighted by atomic mass is 16.5. The Balaban J connectivity index is 1.95. The van der Waals surface area contributed by atoms with Gasteiger partial charge in [0.2, 0.25) is 0 Å². The number of nitrogens with zero attached hydrogens (tertiary/aromatic N) is 1. The summed E-state index contributed by atoms with van der Waals surface area (Å²) >= 11 is 0. The fourth-order valence-electron chi connectivity index (χ4n) is 2.45. The van der Waals surface area contributed by atoms with Gasteiger partial charge in [0, 0.05) is 25.2 Å². The monoisotopic (exact) mass is 323 g/mol. The molecule has 1 atom stereocenters. The lowest BCUT2D eigenvalue weighted by atomic mass is 10.1. The molecular formula is C16H25N3O4. The molecule has 1 aliphatic heterocycles. The minimum Gasteiger partial charge on any atom is -0.468 e. The SMILES string of the molecule is CC(C)(C)NC(=O)C(=O)NCC(c1ccco1)N1CCOCC1. The number of morpholine rings is 1. The highest BCUT2D eigenvalue weighted by Gasteiger charge is 2.27. The van der Waals surface area contributed by atoms with Crippen LogP contribution < -0.4 is 10.6 Å². The second-order valence-electron chi connectivity index (χ2n) is 6.59. The lowest BCUT2D eigenvalue weighted by Gasteiger charge is -2.33. The first-order chi connectivity index (χ1) is 10.9. The molecule has 1 aliphatic rings. The largest absolute Gasteiger partial charge is 0.468 e. The van der Waals surface area contributed by atoms with Gasteiger partial charge in [-0.3, -0.25) is 14.5 Å². The highest BCUT2D eigenvalue weighted by Crippen LogP contribution is 2.21. The Labute approximate surface area is 136 Å². The topological polar surface area (TPSA) is 83.8 Å². The number of carbonyl (C=O) groups is 2. The van der Waals surface area contributed by atoms with Crippen LogP contribution in [0.4, 0.5) is 0 Å². The summed E-state index contributed by atoms with van der Waals surface area (Å²) in [6.07, 6.45) is 1.61. The van der Waals surface area contributed by atoms with E-state index in [9.17, 15) is 9.59 Å². The third-order valence-electron chi connectivity index (χ3n) is 3.51. The van der Waals surface area contributed by atoms with Crippen molar-refractivity contribution in [3.63, 3.8) is 0 Å². The molecule has 128 valence electrons. The summed E-state index contributed by atoms with van der Waals surface area (Å²) in [7, 11) is 0. The quantitative estimate of drug-likeness (QED) is 0.796. The van der Waals surface area contributed by atoms with Gasteiger partial charge in [0.1, 0.15) is 5.76 Å². The van der Waals surface area contributed by atoms with Gasteiger partial charge in [-0.25, -0.2) is 0 Å². The molecule has 23 heavy (non-hydrogen) atoms. The van der Waals surface area contributed by atoms with E-state index in [4.69, 9.17) is 9.15 Å². The van der Waals surface area contributed by atoms with Crippen LogP contribution in [0.3, 0.4) is 0 Å². The average molecular weight is 323 g/mol. The van der Waals surface area contributed by atoms with Gasteiger partial charge < -0.3 is 19.8 Å². The summed E-state index contributed by atoms with van der Waals surface area (Å²) in [5, 5.41) is 5.35. The number of ether oxygens (including phenoxy) is 1. The molecule has 1 unspecified atom stereocenters. The van der Waals surface area contributed by atoms with E-state index >= 15 is 0 Å². The van der Waals surface area contributed by atoms with Gasteiger partial charge in [-0.05, 0) is 32.9 Å². The zero-order chi connectivity index (χ0) is 16.9. The summed E-state index contributed by atoms with van der Waals surface area (Å²) in [4.78, 5) is 26.0. The summed E-state index contributed by atoms with van der Waals surface area (Å²) in [5.41, 5.74) is -0.445. The molecule has 1 aromatic rings. The molecular weight excluding hydrogens is 298 g/mol. The van der Waals surface area contributed by atoms with Gasteiger partial charge in [-0.2, -0.15) is 0 Å². The van der Waals surface area contributed by atoms with Crippen molar-refractivity contribution in [3.8, 4) is 0 Å². The summed E-state index contributed by atoms with van der Waals surface area (Å²) in [5.74, 6) is -0.495. The van der Waals surface area contributed by atoms with Crippen molar-refractivity contribution in [2.45, 2.75) is 32.4 Å². The first kappa shape index (κ1) is 17.5. The third-order valence-corrected chi connectivity index (χ3v) is 3.51. The lowest BCUT2D eigenvalue weighted by molar-refractivity contribution is -0.140. The van der Waals surface area contributed by atoms with Crippen LogP contribution in [0.15, 0.2) is 22.8 Å². The molecule has 1 aromatic heterocycles. The molecule has 0 saturated carbocycles. The molecule has 7 heteroatoms. The lowest BCUT2D eigenvalue weighted by Crippen LogP contribution is -2.50. The van der Waals surface area contributed by atoms with Crippen molar-refractivity contribution in [1.82, 2.24) is 15.5 Å². The molecule has 2 rings (SSSR count). The molecule has 7 nitrogen and oxygen atoms in total. The van der Waals surface area contributed by atoms with E-state index < -0.39 is 17.4 Å². The molecule has 0 radical (unpaired) electrons. The Morgan fingerprint density at radius 1 is 1.26 bits per heavy atom. The van der Waals surface area contributed by atoms with Crippen LogP contribution in [0.5, 0.6) is 0 Å². The highest BCUT2D eigenvalue weighted by molar-refractivity contribution is 6.35. The number of rotatable bonds is 4. The number of carbonyl (C=O) groups excluding carboxylic acids is 2. The zero-order valence-electron chi connectivity index (χ0n) is 13.9.